The fourth-order valence-electron chi connectivity index (χ4n) is 2.47. The van der Waals surface area contributed by atoms with Crippen molar-refractivity contribution in [2.24, 2.45) is 0 Å². The fourth-order valence-corrected chi connectivity index (χ4v) is 3.09. The van der Waals surface area contributed by atoms with Gasteiger partial charge in [-0.05, 0) is 6.07 Å². The Labute approximate surface area is 131 Å². The zero-order valence-corrected chi connectivity index (χ0v) is 12.6. The van der Waals surface area contributed by atoms with E-state index in [9.17, 15) is 0 Å². The summed E-state index contributed by atoms with van der Waals surface area (Å²) in [4.78, 5) is 13.2. The Hall–Kier alpha value is -2.55. The Morgan fingerprint density at radius 3 is 2.55 bits per heavy atom. The van der Waals surface area contributed by atoms with Gasteiger partial charge in [0.15, 0.2) is 5.82 Å². The molecule has 1 fully saturated rings. The van der Waals surface area contributed by atoms with Crippen molar-refractivity contribution in [1.29, 1.82) is 0 Å². The molecule has 22 heavy (non-hydrogen) atoms. The standard InChI is InChI=1S/C13H14N8S/c1-2-17-21(3-1)12-8-11(14-9-15-12)19-4-6-20(7-5-19)13-18-16-10-22-13/h1-3,8-10H,4-7H2. The molecular weight excluding hydrogens is 300 g/mol. The van der Waals surface area contributed by atoms with Crippen LogP contribution in [0.4, 0.5) is 10.9 Å². The summed E-state index contributed by atoms with van der Waals surface area (Å²) in [5.41, 5.74) is 1.77. The van der Waals surface area contributed by atoms with Crippen molar-refractivity contribution in [2.45, 2.75) is 0 Å². The first kappa shape index (κ1) is 13.1. The molecule has 0 aliphatic carbocycles. The normalized spacial score (nSPS) is 15.3. The Kier molecular flexibility index (Phi) is 3.39. The van der Waals surface area contributed by atoms with Crippen LogP contribution < -0.4 is 9.80 Å². The highest BCUT2D eigenvalue weighted by Gasteiger charge is 2.20. The molecule has 0 amide bonds. The maximum absolute atomic E-state index is 4.39. The van der Waals surface area contributed by atoms with Crippen LogP contribution in [0.3, 0.4) is 0 Å². The molecule has 1 aliphatic heterocycles. The predicted octanol–water partition coefficient (Wildman–Crippen LogP) is 0.840. The summed E-state index contributed by atoms with van der Waals surface area (Å²) >= 11 is 1.58. The summed E-state index contributed by atoms with van der Waals surface area (Å²) in [5, 5.41) is 13.2. The lowest BCUT2D eigenvalue weighted by atomic mass is 10.3. The van der Waals surface area contributed by atoms with Crippen molar-refractivity contribution in [3.05, 3.63) is 36.4 Å². The summed E-state index contributed by atoms with van der Waals surface area (Å²) in [6, 6.07) is 3.84. The van der Waals surface area contributed by atoms with Gasteiger partial charge in [-0.1, -0.05) is 11.3 Å². The molecule has 3 aromatic heterocycles. The SMILES string of the molecule is c1cnn(-c2cc(N3CCN(c4nncs4)CC3)ncn2)c1. The number of hydrogen-bond acceptors (Lipinski definition) is 8. The van der Waals surface area contributed by atoms with Gasteiger partial charge in [0.1, 0.15) is 17.7 Å². The highest BCUT2D eigenvalue weighted by Crippen LogP contribution is 2.20. The lowest BCUT2D eigenvalue weighted by molar-refractivity contribution is 0.642. The molecule has 0 unspecified atom stereocenters. The van der Waals surface area contributed by atoms with Gasteiger partial charge in [-0.25, -0.2) is 14.6 Å². The van der Waals surface area contributed by atoms with E-state index in [1.54, 1.807) is 34.1 Å². The van der Waals surface area contributed by atoms with E-state index in [1.807, 2.05) is 18.3 Å². The van der Waals surface area contributed by atoms with Crippen LogP contribution in [0, 0.1) is 0 Å². The van der Waals surface area contributed by atoms with Crippen molar-refractivity contribution in [3.63, 3.8) is 0 Å². The third kappa shape index (κ3) is 2.50. The first-order valence-corrected chi connectivity index (χ1v) is 7.86. The summed E-state index contributed by atoms with van der Waals surface area (Å²) in [7, 11) is 0. The second kappa shape index (κ2) is 5.68. The van der Waals surface area contributed by atoms with E-state index < -0.39 is 0 Å². The van der Waals surface area contributed by atoms with Crippen LogP contribution in [0.2, 0.25) is 0 Å². The monoisotopic (exact) mass is 314 g/mol. The molecular formula is C13H14N8S. The van der Waals surface area contributed by atoms with E-state index in [0.29, 0.717) is 0 Å². The fraction of sp³-hybridized carbons (Fsp3) is 0.308. The van der Waals surface area contributed by atoms with Gasteiger partial charge in [0.25, 0.3) is 0 Å². The summed E-state index contributed by atoms with van der Waals surface area (Å²) < 4.78 is 1.74. The lowest BCUT2D eigenvalue weighted by Crippen LogP contribution is -2.46. The molecule has 1 saturated heterocycles. The minimum atomic E-state index is 0.779. The molecule has 9 heteroatoms. The molecule has 0 aromatic carbocycles. The Bertz CT molecular complexity index is 718. The molecule has 0 radical (unpaired) electrons. The summed E-state index contributed by atoms with van der Waals surface area (Å²) in [6.45, 7) is 3.62. The number of piperazine rings is 1. The van der Waals surface area contributed by atoms with E-state index in [0.717, 1.165) is 42.9 Å². The molecule has 112 valence electrons. The van der Waals surface area contributed by atoms with Crippen LogP contribution in [0.25, 0.3) is 5.82 Å². The Balaban J connectivity index is 1.48. The Morgan fingerprint density at radius 1 is 1.00 bits per heavy atom. The number of nitrogens with zero attached hydrogens (tertiary/aromatic N) is 8. The van der Waals surface area contributed by atoms with E-state index in [-0.39, 0.29) is 0 Å². The highest BCUT2D eigenvalue weighted by molar-refractivity contribution is 7.13. The topological polar surface area (TPSA) is 75.9 Å². The molecule has 0 bridgehead atoms. The largest absolute Gasteiger partial charge is 0.353 e. The lowest BCUT2D eigenvalue weighted by Gasteiger charge is -2.34. The number of hydrogen-bond donors (Lipinski definition) is 0. The molecule has 0 atom stereocenters. The highest BCUT2D eigenvalue weighted by atomic mass is 32.1. The second-order valence-corrected chi connectivity index (χ2v) is 5.69. The van der Waals surface area contributed by atoms with Gasteiger partial charge in [-0.15, -0.1) is 10.2 Å². The Morgan fingerprint density at radius 2 is 1.82 bits per heavy atom. The molecule has 4 rings (SSSR count). The van der Waals surface area contributed by atoms with Gasteiger partial charge >= 0.3 is 0 Å². The van der Waals surface area contributed by atoms with E-state index in [2.05, 4.69) is 35.1 Å². The van der Waals surface area contributed by atoms with Crippen LogP contribution in [0.15, 0.2) is 36.4 Å². The molecule has 0 saturated carbocycles. The molecule has 3 aromatic rings. The summed E-state index contributed by atoms with van der Waals surface area (Å²) in [5.74, 6) is 1.71. The van der Waals surface area contributed by atoms with Crippen molar-refractivity contribution in [2.75, 3.05) is 36.0 Å². The van der Waals surface area contributed by atoms with Gasteiger partial charge in [-0.3, -0.25) is 0 Å². The average molecular weight is 314 g/mol. The maximum atomic E-state index is 4.39. The number of aromatic nitrogens is 6. The van der Waals surface area contributed by atoms with Crippen LogP contribution in [0.1, 0.15) is 0 Å². The van der Waals surface area contributed by atoms with Crippen molar-refractivity contribution in [1.82, 2.24) is 29.9 Å². The first-order chi connectivity index (χ1) is 10.9. The van der Waals surface area contributed by atoms with E-state index in [4.69, 9.17) is 0 Å². The predicted molar refractivity (Wildman–Crippen MR) is 83.5 cm³/mol. The van der Waals surface area contributed by atoms with Gasteiger partial charge < -0.3 is 9.80 Å². The quantitative estimate of drug-likeness (QED) is 0.709. The second-order valence-electron chi connectivity index (χ2n) is 4.88. The van der Waals surface area contributed by atoms with Crippen LogP contribution >= 0.6 is 11.3 Å². The molecule has 4 heterocycles. The molecule has 0 N–H and O–H groups in total. The van der Waals surface area contributed by atoms with Gasteiger partial charge in [0.05, 0.1) is 0 Å². The van der Waals surface area contributed by atoms with E-state index in [1.165, 1.54) is 0 Å². The van der Waals surface area contributed by atoms with Crippen molar-refractivity contribution in [3.8, 4) is 5.82 Å². The minimum Gasteiger partial charge on any atom is -0.353 e. The van der Waals surface area contributed by atoms with Crippen LogP contribution in [-0.4, -0.2) is 56.1 Å². The molecule has 1 aliphatic rings. The minimum absolute atomic E-state index is 0.779. The van der Waals surface area contributed by atoms with Crippen molar-refractivity contribution >= 4 is 22.3 Å². The van der Waals surface area contributed by atoms with Gasteiger partial charge in [-0.2, -0.15) is 5.10 Å². The van der Waals surface area contributed by atoms with E-state index >= 15 is 0 Å². The molecule has 0 spiro atoms. The molecule has 8 nitrogen and oxygen atoms in total. The average Bonchev–Trinajstić information content (AvgIpc) is 3.29. The van der Waals surface area contributed by atoms with Gasteiger partial charge in [0, 0.05) is 44.6 Å². The third-order valence-electron chi connectivity index (χ3n) is 3.60. The van der Waals surface area contributed by atoms with Crippen molar-refractivity contribution < 1.29 is 0 Å². The smallest absolute Gasteiger partial charge is 0.208 e. The third-order valence-corrected chi connectivity index (χ3v) is 4.35. The zero-order chi connectivity index (χ0) is 14.8. The van der Waals surface area contributed by atoms with Crippen LogP contribution in [0.5, 0.6) is 0 Å². The number of anilines is 2. The zero-order valence-electron chi connectivity index (χ0n) is 11.8. The summed E-state index contributed by atoms with van der Waals surface area (Å²) in [6.07, 6.45) is 5.20. The number of rotatable bonds is 3. The maximum Gasteiger partial charge on any atom is 0.208 e. The van der Waals surface area contributed by atoms with Crippen LogP contribution in [-0.2, 0) is 0 Å². The first-order valence-electron chi connectivity index (χ1n) is 6.98. The van der Waals surface area contributed by atoms with Gasteiger partial charge in [0.2, 0.25) is 5.13 Å².